The first kappa shape index (κ1) is 16.5. The van der Waals surface area contributed by atoms with Crippen LogP contribution in [0.1, 0.15) is 64.6 Å². The van der Waals surface area contributed by atoms with E-state index in [1.165, 1.54) is 30.5 Å². The Bertz CT molecular complexity index is 435. The van der Waals surface area contributed by atoms with Crippen LogP contribution in [0.2, 0.25) is 0 Å². The van der Waals surface area contributed by atoms with Crippen molar-refractivity contribution in [2.45, 2.75) is 71.5 Å². The molecule has 0 spiro atoms. The minimum absolute atomic E-state index is 0.330. The minimum atomic E-state index is 0.330. The molecule has 1 aliphatic rings. The molecule has 21 heavy (non-hydrogen) atoms. The van der Waals surface area contributed by atoms with Crippen LogP contribution in [-0.4, -0.2) is 29.6 Å². The molecule has 0 aliphatic carbocycles. The molecular weight excluding hydrogens is 256 g/mol. The zero-order valence-corrected chi connectivity index (χ0v) is 14.4. The second kappa shape index (κ2) is 6.93. The van der Waals surface area contributed by atoms with Gasteiger partial charge < -0.3 is 5.32 Å². The summed E-state index contributed by atoms with van der Waals surface area (Å²) < 4.78 is 0. The molecule has 118 valence electrons. The van der Waals surface area contributed by atoms with E-state index in [1.54, 1.807) is 0 Å². The number of nitrogens with zero attached hydrogens (tertiary/aromatic N) is 1. The summed E-state index contributed by atoms with van der Waals surface area (Å²) in [5.41, 5.74) is 3.17. The molecule has 2 atom stereocenters. The quantitative estimate of drug-likeness (QED) is 0.845. The Morgan fingerprint density at radius 1 is 1.19 bits per heavy atom. The van der Waals surface area contributed by atoms with Crippen LogP contribution in [0.5, 0.6) is 0 Å². The van der Waals surface area contributed by atoms with Gasteiger partial charge in [-0.05, 0) is 64.3 Å². The summed E-state index contributed by atoms with van der Waals surface area (Å²) in [6.07, 6.45) is 3.75. The zero-order valence-electron chi connectivity index (χ0n) is 14.4. The molecule has 2 unspecified atom stereocenters. The van der Waals surface area contributed by atoms with Gasteiger partial charge in [0.05, 0.1) is 0 Å². The zero-order chi connectivity index (χ0) is 15.5. The van der Waals surface area contributed by atoms with Crippen molar-refractivity contribution in [3.8, 4) is 0 Å². The van der Waals surface area contributed by atoms with Gasteiger partial charge in [-0.25, -0.2) is 0 Å². The average Bonchev–Trinajstić information content (AvgIpc) is 2.84. The third kappa shape index (κ3) is 3.67. The molecule has 2 rings (SSSR count). The maximum absolute atomic E-state index is 3.71. The Labute approximate surface area is 130 Å². The third-order valence-electron chi connectivity index (χ3n) is 5.11. The van der Waals surface area contributed by atoms with Gasteiger partial charge in [0, 0.05) is 17.6 Å². The van der Waals surface area contributed by atoms with Gasteiger partial charge in [-0.15, -0.1) is 0 Å². The molecule has 1 aromatic carbocycles. The van der Waals surface area contributed by atoms with Crippen LogP contribution in [0.4, 0.5) is 0 Å². The summed E-state index contributed by atoms with van der Waals surface area (Å²) in [4.78, 5) is 2.69. The van der Waals surface area contributed by atoms with Crippen molar-refractivity contribution >= 4 is 0 Å². The van der Waals surface area contributed by atoms with Crippen molar-refractivity contribution in [3.05, 3.63) is 35.4 Å². The SMILES string of the molecule is CCNC(c1ccc(CC)cc1)C(C)N1CCCC1(C)C. The molecule has 1 N–H and O–H groups in total. The number of aryl methyl sites for hydroxylation is 1. The Kier molecular flexibility index (Phi) is 5.45. The second-order valence-corrected chi connectivity index (χ2v) is 6.98. The van der Waals surface area contributed by atoms with Crippen LogP contribution in [0.15, 0.2) is 24.3 Å². The van der Waals surface area contributed by atoms with Gasteiger partial charge in [0.2, 0.25) is 0 Å². The highest BCUT2D eigenvalue weighted by atomic mass is 15.3. The molecule has 2 heteroatoms. The fourth-order valence-electron chi connectivity index (χ4n) is 3.81. The van der Waals surface area contributed by atoms with Gasteiger partial charge in [-0.3, -0.25) is 4.90 Å². The number of hydrogen-bond acceptors (Lipinski definition) is 2. The van der Waals surface area contributed by atoms with Crippen LogP contribution in [0.25, 0.3) is 0 Å². The summed E-state index contributed by atoms with van der Waals surface area (Å²) in [5.74, 6) is 0. The third-order valence-corrected chi connectivity index (χ3v) is 5.11. The number of likely N-dealkylation sites (tertiary alicyclic amines) is 1. The van der Waals surface area contributed by atoms with Crippen molar-refractivity contribution in [3.63, 3.8) is 0 Å². The van der Waals surface area contributed by atoms with Crippen LogP contribution in [-0.2, 0) is 6.42 Å². The van der Waals surface area contributed by atoms with Gasteiger partial charge in [0.25, 0.3) is 0 Å². The highest BCUT2D eigenvalue weighted by molar-refractivity contribution is 5.26. The van der Waals surface area contributed by atoms with E-state index in [9.17, 15) is 0 Å². The van der Waals surface area contributed by atoms with Crippen molar-refractivity contribution in [1.82, 2.24) is 10.2 Å². The molecule has 0 saturated carbocycles. The first-order valence-corrected chi connectivity index (χ1v) is 8.58. The summed E-state index contributed by atoms with van der Waals surface area (Å²) in [5, 5.41) is 3.71. The van der Waals surface area contributed by atoms with Gasteiger partial charge >= 0.3 is 0 Å². The first-order valence-electron chi connectivity index (χ1n) is 8.58. The largest absolute Gasteiger partial charge is 0.309 e. The smallest absolute Gasteiger partial charge is 0.0475 e. The van der Waals surface area contributed by atoms with E-state index in [-0.39, 0.29) is 0 Å². The van der Waals surface area contributed by atoms with Crippen LogP contribution in [0, 0.1) is 0 Å². The summed E-state index contributed by atoms with van der Waals surface area (Å²) in [7, 11) is 0. The van der Waals surface area contributed by atoms with Gasteiger partial charge in [0.15, 0.2) is 0 Å². The lowest BCUT2D eigenvalue weighted by atomic mass is 9.94. The predicted octanol–water partition coefficient (Wildman–Crippen LogP) is 4.16. The second-order valence-electron chi connectivity index (χ2n) is 6.98. The lowest BCUT2D eigenvalue weighted by Gasteiger charge is -2.41. The lowest BCUT2D eigenvalue weighted by molar-refractivity contribution is 0.0993. The number of rotatable bonds is 6. The summed E-state index contributed by atoms with van der Waals surface area (Å²) in [6.45, 7) is 13.8. The Morgan fingerprint density at radius 3 is 2.33 bits per heavy atom. The van der Waals surface area contributed by atoms with E-state index in [0.717, 1.165) is 13.0 Å². The van der Waals surface area contributed by atoms with Gasteiger partial charge in [-0.1, -0.05) is 38.1 Å². The molecule has 1 aliphatic heterocycles. The first-order chi connectivity index (χ1) is 9.99. The van der Waals surface area contributed by atoms with Crippen LogP contribution in [0.3, 0.4) is 0 Å². The number of nitrogens with one attached hydrogen (secondary N) is 1. The topological polar surface area (TPSA) is 15.3 Å². The maximum atomic E-state index is 3.71. The van der Waals surface area contributed by atoms with Crippen molar-refractivity contribution < 1.29 is 0 Å². The maximum Gasteiger partial charge on any atom is 0.0475 e. The summed E-state index contributed by atoms with van der Waals surface area (Å²) in [6, 6.07) is 10.1. The average molecular weight is 288 g/mol. The number of benzene rings is 1. The molecule has 0 bridgehead atoms. The fraction of sp³-hybridized carbons (Fsp3) is 0.684. The molecule has 0 amide bonds. The van der Waals surface area contributed by atoms with Crippen LogP contribution < -0.4 is 5.32 Å². The number of likely N-dealkylation sites (N-methyl/N-ethyl adjacent to an activating group) is 1. The molecule has 1 saturated heterocycles. The Balaban J connectivity index is 2.20. The van der Waals surface area contributed by atoms with E-state index in [4.69, 9.17) is 0 Å². The van der Waals surface area contributed by atoms with E-state index in [1.807, 2.05) is 0 Å². The highest BCUT2D eigenvalue weighted by Crippen LogP contribution is 2.34. The van der Waals surface area contributed by atoms with E-state index < -0.39 is 0 Å². The van der Waals surface area contributed by atoms with Crippen molar-refractivity contribution in [2.24, 2.45) is 0 Å². The summed E-state index contributed by atoms with van der Waals surface area (Å²) >= 11 is 0. The minimum Gasteiger partial charge on any atom is -0.309 e. The molecule has 1 fully saturated rings. The number of hydrogen-bond donors (Lipinski definition) is 1. The van der Waals surface area contributed by atoms with E-state index in [0.29, 0.717) is 17.6 Å². The molecule has 2 nitrogen and oxygen atoms in total. The molecule has 1 aromatic rings. The van der Waals surface area contributed by atoms with E-state index in [2.05, 4.69) is 69.1 Å². The van der Waals surface area contributed by atoms with Gasteiger partial charge in [0.1, 0.15) is 0 Å². The predicted molar refractivity (Wildman–Crippen MR) is 91.7 cm³/mol. The Hall–Kier alpha value is -0.860. The lowest BCUT2D eigenvalue weighted by Crippen LogP contribution is -2.49. The van der Waals surface area contributed by atoms with Crippen molar-refractivity contribution in [1.29, 1.82) is 0 Å². The van der Waals surface area contributed by atoms with E-state index >= 15 is 0 Å². The molecule has 1 heterocycles. The molecule has 0 aromatic heterocycles. The monoisotopic (exact) mass is 288 g/mol. The fourth-order valence-corrected chi connectivity index (χ4v) is 3.81. The van der Waals surface area contributed by atoms with Gasteiger partial charge in [-0.2, -0.15) is 0 Å². The molecular formula is C19H32N2. The standard InChI is InChI=1S/C19H32N2/c1-6-16-9-11-17(12-10-16)18(20-7-2)15(3)21-14-8-13-19(21,4)5/h9-12,15,18,20H,6-8,13-14H2,1-5H3. The normalized spacial score (nSPS) is 21.4. The van der Waals surface area contributed by atoms with Crippen molar-refractivity contribution in [2.75, 3.05) is 13.1 Å². The molecule has 0 radical (unpaired) electrons. The Morgan fingerprint density at radius 2 is 1.86 bits per heavy atom. The highest BCUT2D eigenvalue weighted by Gasteiger charge is 2.37. The van der Waals surface area contributed by atoms with Crippen LogP contribution >= 0.6 is 0 Å².